The van der Waals surface area contributed by atoms with Crippen molar-refractivity contribution < 1.29 is 35.9 Å². The van der Waals surface area contributed by atoms with E-state index < -0.39 is 41.7 Å². The molecule has 1 aliphatic carbocycles. The van der Waals surface area contributed by atoms with Crippen LogP contribution in [-0.4, -0.2) is 34.1 Å². The van der Waals surface area contributed by atoms with Crippen LogP contribution in [0, 0.1) is 6.92 Å². The van der Waals surface area contributed by atoms with Gasteiger partial charge in [-0.2, -0.15) is 26.3 Å². The molecule has 1 heterocycles. The SMILES string of the molecule is Cc1nc2cc(NC(=O)c3ccccc3-c3ccc(C(F)(F)F)cc3)ccc2n1CCCC1(C(=O)NCC(F)(F)F)c2ccccc2-c2ccccc21. The molecule has 270 valence electrons. The molecule has 0 fully saturated rings. The number of amides is 2. The first-order chi connectivity index (χ1) is 25.3. The minimum absolute atomic E-state index is 0.232. The summed E-state index contributed by atoms with van der Waals surface area (Å²) >= 11 is 0. The van der Waals surface area contributed by atoms with Gasteiger partial charge in [0.05, 0.1) is 16.6 Å². The maximum absolute atomic E-state index is 13.9. The molecule has 53 heavy (non-hydrogen) atoms. The first-order valence-electron chi connectivity index (χ1n) is 16.9. The molecule has 2 N–H and O–H groups in total. The molecule has 0 unspecified atom stereocenters. The molecular formula is C41H32F6N4O2. The summed E-state index contributed by atoms with van der Waals surface area (Å²) in [6.45, 7) is 0.792. The first kappa shape index (κ1) is 35.5. The summed E-state index contributed by atoms with van der Waals surface area (Å²) in [7, 11) is 0. The van der Waals surface area contributed by atoms with Gasteiger partial charge in [-0.3, -0.25) is 9.59 Å². The Morgan fingerprint density at radius 1 is 0.755 bits per heavy atom. The van der Waals surface area contributed by atoms with Crippen LogP contribution < -0.4 is 10.6 Å². The molecule has 0 atom stereocenters. The fourth-order valence-corrected chi connectivity index (χ4v) is 7.37. The zero-order valence-electron chi connectivity index (χ0n) is 28.3. The molecule has 6 aromatic rings. The summed E-state index contributed by atoms with van der Waals surface area (Å²) in [5.41, 5.74) is 3.82. The number of imidazole rings is 1. The van der Waals surface area contributed by atoms with Gasteiger partial charge in [0.2, 0.25) is 5.91 Å². The van der Waals surface area contributed by atoms with Crippen molar-refractivity contribution in [1.29, 1.82) is 0 Å². The van der Waals surface area contributed by atoms with Gasteiger partial charge in [-0.1, -0.05) is 78.9 Å². The molecule has 1 aliphatic rings. The highest BCUT2D eigenvalue weighted by atomic mass is 19.4. The lowest BCUT2D eigenvalue weighted by molar-refractivity contribution is -0.141. The number of hydrogen-bond donors (Lipinski definition) is 2. The molecule has 0 saturated carbocycles. The van der Waals surface area contributed by atoms with Crippen molar-refractivity contribution in [2.45, 2.75) is 44.1 Å². The predicted molar refractivity (Wildman–Crippen MR) is 190 cm³/mol. The van der Waals surface area contributed by atoms with Gasteiger partial charge < -0.3 is 15.2 Å². The second kappa shape index (κ2) is 13.6. The number of nitrogens with zero attached hydrogens (tertiary/aromatic N) is 2. The summed E-state index contributed by atoms with van der Waals surface area (Å²) < 4.78 is 81.2. The molecule has 0 saturated heterocycles. The predicted octanol–water partition coefficient (Wildman–Crippen LogP) is 9.71. The molecule has 0 radical (unpaired) electrons. The van der Waals surface area contributed by atoms with Gasteiger partial charge in [-0.05, 0) is 89.5 Å². The van der Waals surface area contributed by atoms with Gasteiger partial charge >= 0.3 is 12.4 Å². The molecule has 0 spiro atoms. The second-order valence-corrected chi connectivity index (χ2v) is 13.0. The van der Waals surface area contributed by atoms with Crippen LogP contribution in [0.4, 0.5) is 32.0 Å². The van der Waals surface area contributed by atoms with Crippen molar-refractivity contribution in [3.63, 3.8) is 0 Å². The van der Waals surface area contributed by atoms with Gasteiger partial charge in [-0.25, -0.2) is 4.98 Å². The molecule has 12 heteroatoms. The van der Waals surface area contributed by atoms with Gasteiger partial charge in [0.25, 0.3) is 5.91 Å². The third-order valence-electron chi connectivity index (χ3n) is 9.73. The Bertz CT molecular complexity index is 2300. The van der Waals surface area contributed by atoms with Crippen molar-refractivity contribution in [2.24, 2.45) is 0 Å². The number of aromatic nitrogens is 2. The van der Waals surface area contributed by atoms with Crippen molar-refractivity contribution in [3.05, 3.63) is 143 Å². The van der Waals surface area contributed by atoms with E-state index in [9.17, 15) is 35.9 Å². The zero-order valence-corrected chi connectivity index (χ0v) is 28.3. The molecule has 5 aromatic carbocycles. The van der Waals surface area contributed by atoms with Crippen molar-refractivity contribution in [2.75, 3.05) is 11.9 Å². The molecule has 0 aliphatic heterocycles. The largest absolute Gasteiger partial charge is 0.416 e. The molecule has 6 nitrogen and oxygen atoms in total. The van der Waals surface area contributed by atoms with E-state index in [-0.39, 0.29) is 12.0 Å². The van der Waals surface area contributed by atoms with E-state index in [2.05, 4.69) is 10.6 Å². The summed E-state index contributed by atoms with van der Waals surface area (Å²) in [4.78, 5) is 32.0. The number of alkyl halides is 6. The van der Waals surface area contributed by atoms with Crippen molar-refractivity contribution in [1.82, 2.24) is 14.9 Å². The van der Waals surface area contributed by atoms with E-state index in [1.165, 1.54) is 12.1 Å². The monoisotopic (exact) mass is 726 g/mol. The topological polar surface area (TPSA) is 76.0 Å². The standard InChI is InChI=1S/C41H32F6N4O2/c1-25-49-35-23-28(50-37(52)32-12-3-2-9-29(32)26-15-17-27(18-16-26)41(45,46)47)19-20-36(35)51(25)22-8-21-39(38(53)48-24-40(42,43)44)33-13-6-4-10-30(33)31-11-5-7-14-34(31)39/h2-7,9-20,23H,8,21-22,24H2,1H3,(H,48,53)(H,50,52). The van der Waals surface area contributed by atoms with Crippen LogP contribution >= 0.6 is 0 Å². The van der Waals surface area contributed by atoms with Crippen molar-refractivity contribution >= 4 is 28.5 Å². The Labute approximate surface area is 300 Å². The zero-order chi connectivity index (χ0) is 37.5. The highest BCUT2D eigenvalue weighted by Gasteiger charge is 2.49. The van der Waals surface area contributed by atoms with Crippen LogP contribution in [0.3, 0.4) is 0 Å². The quantitative estimate of drug-likeness (QED) is 0.146. The number of carbonyl (C=O) groups excluding carboxylic acids is 2. The Morgan fingerprint density at radius 2 is 1.36 bits per heavy atom. The minimum Gasteiger partial charge on any atom is -0.346 e. The second-order valence-electron chi connectivity index (χ2n) is 13.0. The van der Waals surface area contributed by atoms with E-state index in [4.69, 9.17) is 4.98 Å². The Morgan fingerprint density at radius 3 is 1.98 bits per heavy atom. The van der Waals surface area contributed by atoms with Crippen molar-refractivity contribution in [3.8, 4) is 22.3 Å². The highest BCUT2D eigenvalue weighted by Crippen LogP contribution is 2.51. The number of nitrogens with one attached hydrogen (secondary N) is 2. The molecule has 7 rings (SSSR count). The van der Waals surface area contributed by atoms with Crippen LogP contribution in [0.15, 0.2) is 115 Å². The van der Waals surface area contributed by atoms with Crippen LogP contribution in [0.2, 0.25) is 0 Å². The van der Waals surface area contributed by atoms with Gasteiger partial charge in [-0.15, -0.1) is 0 Å². The lowest BCUT2D eigenvalue weighted by Gasteiger charge is -2.31. The molecule has 1 aromatic heterocycles. The van der Waals surface area contributed by atoms with Gasteiger partial charge in [0, 0.05) is 17.8 Å². The molecule has 0 bridgehead atoms. The maximum Gasteiger partial charge on any atom is 0.416 e. The summed E-state index contributed by atoms with van der Waals surface area (Å²) in [6.07, 6.45) is -8.40. The number of anilines is 1. The summed E-state index contributed by atoms with van der Waals surface area (Å²) in [5.74, 6) is -0.499. The number of halogens is 6. The van der Waals surface area contributed by atoms with Gasteiger partial charge in [0.15, 0.2) is 0 Å². The summed E-state index contributed by atoms with van der Waals surface area (Å²) in [5, 5.41) is 5.04. The third kappa shape index (κ3) is 6.76. The van der Waals surface area contributed by atoms with E-state index in [0.29, 0.717) is 52.2 Å². The Kier molecular flexibility index (Phi) is 9.09. The maximum atomic E-state index is 13.9. The highest BCUT2D eigenvalue weighted by molar-refractivity contribution is 6.09. The fraction of sp³-hybridized carbons (Fsp3) is 0.195. The van der Waals surface area contributed by atoms with Crippen LogP contribution in [0.25, 0.3) is 33.3 Å². The lowest BCUT2D eigenvalue weighted by Crippen LogP contribution is -2.47. The smallest absolute Gasteiger partial charge is 0.346 e. The first-order valence-corrected chi connectivity index (χ1v) is 16.9. The van der Waals surface area contributed by atoms with Crippen LogP contribution in [-0.2, 0) is 22.9 Å². The number of fused-ring (bicyclic) bond motifs is 4. The van der Waals surface area contributed by atoms with E-state index >= 15 is 0 Å². The van der Waals surface area contributed by atoms with Crippen LogP contribution in [0.1, 0.15) is 45.7 Å². The number of rotatable bonds is 9. The van der Waals surface area contributed by atoms with E-state index in [0.717, 1.165) is 28.8 Å². The van der Waals surface area contributed by atoms with E-state index in [1.807, 2.05) is 35.8 Å². The Balaban J connectivity index is 1.12. The number of benzene rings is 5. The van der Waals surface area contributed by atoms with Crippen LogP contribution in [0.5, 0.6) is 0 Å². The number of aryl methyl sites for hydroxylation is 2. The lowest BCUT2D eigenvalue weighted by atomic mass is 9.73. The third-order valence-corrected chi connectivity index (χ3v) is 9.73. The fourth-order valence-electron chi connectivity index (χ4n) is 7.37. The number of carbonyl (C=O) groups is 2. The average Bonchev–Trinajstić information content (AvgIpc) is 3.61. The Hall–Kier alpha value is -5.91. The number of hydrogen-bond acceptors (Lipinski definition) is 3. The average molecular weight is 727 g/mol. The minimum atomic E-state index is -4.57. The molecule has 2 amide bonds. The summed E-state index contributed by atoms with van der Waals surface area (Å²) in [6, 6.07) is 31.1. The van der Waals surface area contributed by atoms with E-state index in [1.54, 1.807) is 66.7 Å². The van der Waals surface area contributed by atoms with Gasteiger partial charge in [0.1, 0.15) is 17.8 Å². The molecular weight excluding hydrogens is 694 g/mol. The normalized spacial score (nSPS) is 13.4.